The number of primary amides is 1. The Labute approximate surface area is 160 Å². The number of carbonyl (C=O) groups excluding carboxylic acids is 1. The number of ether oxygens (including phenoxy) is 1. The number of hydrogen-bond acceptors (Lipinski definition) is 5. The first-order valence-corrected chi connectivity index (χ1v) is 8.82. The van der Waals surface area contributed by atoms with Crippen LogP contribution in [0.2, 0.25) is 0 Å². The van der Waals surface area contributed by atoms with E-state index in [1.807, 2.05) is 30.3 Å². The number of pyridine rings is 1. The minimum Gasteiger partial charge on any atom is -0.397 e. The van der Waals surface area contributed by atoms with Crippen molar-refractivity contribution in [3.8, 4) is 16.3 Å². The van der Waals surface area contributed by atoms with Crippen molar-refractivity contribution in [2.75, 3.05) is 5.73 Å². The summed E-state index contributed by atoms with van der Waals surface area (Å²) in [6.07, 6.45) is -5.84. The van der Waals surface area contributed by atoms with Crippen LogP contribution in [0.4, 0.5) is 23.7 Å². The van der Waals surface area contributed by atoms with Crippen LogP contribution in [0.25, 0.3) is 32.2 Å². The molecule has 9 heteroatoms. The molecule has 0 saturated heterocycles. The minimum absolute atomic E-state index is 0.00623. The number of halogens is 3. The van der Waals surface area contributed by atoms with Crippen molar-refractivity contribution in [1.29, 1.82) is 0 Å². The molecule has 0 unspecified atom stereocenters. The van der Waals surface area contributed by atoms with Gasteiger partial charge >= 0.3 is 12.3 Å². The number of rotatable bonds is 2. The molecule has 2 heterocycles. The van der Waals surface area contributed by atoms with Gasteiger partial charge in [0.05, 0.1) is 22.3 Å². The standard InChI is InChI=1S/C19H12F3N3O2S/c20-19(21,22)12-8-13(11-6-5-9-3-1-2-4-10(9)7-11)25-16-14(12)15(23)17(28-16)27-18(24)26/h1-8H,23H2,(H2,24,26). The number of fused-ring (bicyclic) bond motifs is 2. The maximum Gasteiger partial charge on any atom is 0.417 e. The highest BCUT2D eigenvalue weighted by Gasteiger charge is 2.36. The van der Waals surface area contributed by atoms with E-state index in [-0.39, 0.29) is 26.7 Å². The van der Waals surface area contributed by atoms with Crippen LogP contribution in [0.1, 0.15) is 5.56 Å². The second-order valence-corrected chi connectivity index (χ2v) is 6.98. The van der Waals surface area contributed by atoms with Gasteiger partial charge in [-0.3, -0.25) is 0 Å². The summed E-state index contributed by atoms with van der Waals surface area (Å²) >= 11 is 0.736. The van der Waals surface area contributed by atoms with Gasteiger partial charge in [-0.05, 0) is 22.9 Å². The zero-order valence-electron chi connectivity index (χ0n) is 14.1. The molecule has 0 fully saturated rings. The zero-order chi connectivity index (χ0) is 20.1. The normalized spacial score (nSPS) is 11.8. The van der Waals surface area contributed by atoms with E-state index in [1.165, 1.54) is 0 Å². The third kappa shape index (κ3) is 3.09. The van der Waals surface area contributed by atoms with Crippen molar-refractivity contribution in [2.45, 2.75) is 6.18 Å². The van der Waals surface area contributed by atoms with E-state index in [0.29, 0.717) is 5.56 Å². The van der Waals surface area contributed by atoms with E-state index < -0.39 is 17.8 Å². The molecule has 0 aliphatic rings. The van der Waals surface area contributed by atoms with Gasteiger partial charge in [0, 0.05) is 5.56 Å². The molecule has 0 atom stereocenters. The highest BCUT2D eigenvalue weighted by Crippen LogP contribution is 2.46. The molecule has 142 valence electrons. The Kier molecular flexibility index (Phi) is 4.11. The molecule has 1 amide bonds. The Morgan fingerprint density at radius 3 is 2.46 bits per heavy atom. The number of anilines is 1. The molecule has 0 radical (unpaired) electrons. The first-order valence-electron chi connectivity index (χ1n) is 8.00. The number of nitrogens with two attached hydrogens (primary N) is 2. The Morgan fingerprint density at radius 2 is 1.79 bits per heavy atom. The lowest BCUT2D eigenvalue weighted by Gasteiger charge is -2.11. The van der Waals surface area contributed by atoms with Crippen molar-refractivity contribution in [2.24, 2.45) is 5.73 Å². The van der Waals surface area contributed by atoms with Crippen LogP contribution in [0.15, 0.2) is 48.5 Å². The topological polar surface area (TPSA) is 91.2 Å². The van der Waals surface area contributed by atoms with Gasteiger partial charge in [0.25, 0.3) is 0 Å². The Bertz CT molecular complexity index is 1230. The number of nitrogen functional groups attached to an aromatic ring is 1. The molecule has 28 heavy (non-hydrogen) atoms. The fourth-order valence-corrected chi connectivity index (χ4v) is 3.97. The molecule has 2 aromatic carbocycles. The lowest BCUT2D eigenvalue weighted by Crippen LogP contribution is -2.16. The van der Waals surface area contributed by atoms with Gasteiger partial charge in [-0.2, -0.15) is 13.2 Å². The number of carbonyl (C=O) groups is 1. The van der Waals surface area contributed by atoms with Crippen LogP contribution in [0.5, 0.6) is 5.06 Å². The molecule has 0 aliphatic carbocycles. The average molecular weight is 403 g/mol. The third-order valence-electron chi connectivity index (χ3n) is 4.21. The fraction of sp³-hybridized carbons (Fsp3) is 0.0526. The first-order chi connectivity index (χ1) is 13.2. The molecule has 0 bridgehead atoms. The predicted molar refractivity (Wildman–Crippen MR) is 102 cm³/mol. The lowest BCUT2D eigenvalue weighted by molar-refractivity contribution is -0.136. The van der Waals surface area contributed by atoms with Crippen molar-refractivity contribution >= 4 is 44.1 Å². The molecule has 0 saturated carbocycles. The van der Waals surface area contributed by atoms with E-state index in [9.17, 15) is 18.0 Å². The second-order valence-electron chi connectivity index (χ2n) is 6.02. The van der Waals surface area contributed by atoms with Gasteiger partial charge in [-0.25, -0.2) is 9.78 Å². The quantitative estimate of drug-likeness (QED) is 0.483. The van der Waals surface area contributed by atoms with Crippen molar-refractivity contribution in [1.82, 2.24) is 4.98 Å². The van der Waals surface area contributed by atoms with Gasteiger partial charge in [0.1, 0.15) is 4.83 Å². The molecule has 5 nitrogen and oxygen atoms in total. The van der Waals surface area contributed by atoms with Crippen LogP contribution in [0, 0.1) is 0 Å². The number of amides is 1. The Hall–Kier alpha value is -3.33. The highest BCUT2D eigenvalue weighted by atomic mass is 32.1. The molecule has 2 aromatic heterocycles. The number of benzene rings is 2. The monoisotopic (exact) mass is 403 g/mol. The van der Waals surface area contributed by atoms with Crippen LogP contribution in [-0.2, 0) is 6.18 Å². The highest BCUT2D eigenvalue weighted by molar-refractivity contribution is 7.21. The fourth-order valence-electron chi connectivity index (χ4n) is 2.99. The van der Waals surface area contributed by atoms with E-state index >= 15 is 0 Å². The largest absolute Gasteiger partial charge is 0.417 e. The van der Waals surface area contributed by atoms with Crippen LogP contribution in [-0.4, -0.2) is 11.1 Å². The van der Waals surface area contributed by atoms with E-state index in [4.69, 9.17) is 16.2 Å². The van der Waals surface area contributed by atoms with Crippen LogP contribution < -0.4 is 16.2 Å². The SMILES string of the molecule is NC(=O)Oc1sc2nc(-c3ccc4ccccc4c3)cc(C(F)(F)F)c2c1N. The first kappa shape index (κ1) is 18.1. The third-order valence-corrected chi connectivity index (χ3v) is 5.19. The maximum atomic E-state index is 13.7. The summed E-state index contributed by atoms with van der Waals surface area (Å²) in [6, 6.07) is 13.7. The second kappa shape index (κ2) is 6.38. The summed E-state index contributed by atoms with van der Waals surface area (Å²) in [5.74, 6) is 0. The Balaban J connectivity index is 1.97. The summed E-state index contributed by atoms with van der Waals surface area (Å²) in [5.41, 5.74) is 10.1. The van der Waals surface area contributed by atoms with Crippen molar-refractivity contribution < 1.29 is 22.7 Å². The van der Waals surface area contributed by atoms with Gasteiger partial charge < -0.3 is 16.2 Å². The molecule has 4 aromatic rings. The van der Waals surface area contributed by atoms with Crippen LogP contribution in [0.3, 0.4) is 0 Å². The zero-order valence-corrected chi connectivity index (χ0v) is 14.9. The molecule has 4 N–H and O–H groups in total. The lowest BCUT2D eigenvalue weighted by atomic mass is 10.0. The molecule has 4 rings (SSSR count). The molecule has 0 spiro atoms. The van der Waals surface area contributed by atoms with Crippen molar-refractivity contribution in [3.05, 3.63) is 54.1 Å². The van der Waals surface area contributed by atoms with Gasteiger partial charge in [0.15, 0.2) is 0 Å². The summed E-state index contributed by atoms with van der Waals surface area (Å²) < 4.78 is 45.8. The van der Waals surface area contributed by atoms with E-state index in [1.54, 1.807) is 12.1 Å². The number of aromatic nitrogens is 1. The van der Waals surface area contributed by atoms with Gasteiger partial charge in [-0.15, -0.1) is 0 Å². The summed E-state index contributed by atoms with van der Waals surface area (Å²) in [6.45, 7) is 0. The van der Waals surface area contributed by atoms with Gasteiger partial charge in [0.2, 0.25) is 5.06 Å². The smallest absolute Gasteiger partial charge is 0.397 e. The van der Waals surface area contributed by atoms with Crippen molar-refractivity contribution in [3.63, 3.8) is 0 Å². The Morgan fingerprint density at radius 1 is 1.07 bits per heavy atom. The number of alkyl halides is 3. The summed E-state index contributed by atoms with van der Waals surface area (Å²) in [5, 5.41) is 1.31. The summed E-state index contributed by atoms with van der Waals surface area (Å²) in [4.78, 5) is 15.3. The van der Waals surface area contributed by atoms with E-state index in [0.717, 1.165) is 28.2 Å². The average Bonchev–Trinajstić information content (AvgIpc) is 2.94. The van der Waals surface area contributed by atoms with E-state index in [2.05, 4.69) is 4.98 Å². The summed E-state index contributed by atoms with van der Waals surface area (Å²) in [7, 11) is 0. The number of nitrogens with zero attached hydrogens (tertiary/aromatic N) is 1. The molecular weight excluding hydrogens is 391 g/mol. The van der Waals surface area contributed by atoms with Crippen LogP contribution >= 0.6 is 11.3 Å². The minimum atomic E-state index is -4.67. The van der Waals surface area contributed by atoms with Gasteiger partial charge in [-0.1, -0.05) is 47.7 Å². The molecular formula is C19H12F3N3O2S. The predicted octanol–water partition coefficient (Wildman–Crippen LogP) is 5.18. The maximum absolute atomic E-state index is 13.7. The molecule has 0 aliphatic heterocycles. The number of hydrogen-bond donors (Lipinski definition) is 2. The number of thiophene rings is 1.